The van der Waals surface area contributed by atoms with E-state index in [0.717, 1.165) is 47.0 Å². The minimum atomic E-state index is -0.876. The van der Waals surface area contributed by atoms with Gasteiger partial charge in [-0.15, -0.1) is 0 Å². The molecule has 0 aliphatic carbocycles. The normalized spacial score (nSPS) is 10.9. The molecule has 0 spiro atoms. The molecule has 3 aromatic rings. The largest absolute Gasteiger partial charge is 0.493 e. The molecule has 0 atom stereocenters. The summed E-state index contributed by atoms with van der Waals surface area (Å²) >= 11 is 0. The number of unbranched alkanes of at least 4 members (excludes halogenated alkanes) is 1. The summed E-state index contributed by atoms with van der Waals surface area (Å²) < 4.78 is 16.3. The SMILES string of the molecule is CCCCc1ccc2[nH]c(-c3cc(OC)c(OC)c(OC)c3)c(CC(=O)O)c2c1. The van der Waals surface area contributed by atoms with Crippen molar-refractivity contribution in [2.24, 2.45) is 0 Å². The Kier molecular flexibility index (Phi) is 6.32. The van der Waals surface area contributed by atoms with Crippen molar-refractivity contribution in [3.63, 3.8) is 0 Å². The molecule has 1 heterocycles. The number of nitrogens with one attached hydrogen (secondary N) is 1. The molecule has 0 saturated carbocycles. The Labute approximate surface area is 170 Å². The Morgan fingerprint density at radius 2 is 1.72 bits per heavy atom. The number of carboxylic acid groups (broad SMARTS) is 1. The van der Waals surface area contributed by atoms with Crippen molar-refractivity contribution in [1.82, 2.24) is 4.98 Å². The van der Waals surface area contributed by atoms with Gasteiger partial charge in [-0.25, -0.2) is 0 Å². The van der Waals surface area contributed by atoms with Crippen LogP contribution in [0.25, 0.3) is 22.2 Å². The molecule has 154 valence electrons. The average Bonchev–Trinajstić information content (AvgIpc) is 3.08. The third-order valence-electron chi connectivity index (χ3n) is 5.07. The van der Waals surface area contributed by atoms with Crippen LogP contribution in [-0.4, -0.2) is 37.4 Å². The minimum Gasteiger partial charge on any atom is -0.493 e. The number of aryl methyl sites for hydroxylation is 1. The van der Waals surface area contributed by atoms with Gasteiger partial charge in [-0.2, -0.15) is 0 Å². The number of methoxy groups -OCH3 is 3. The number of hydrogen-bond acceptors (Lipinski definition) is 4. The van der Waals surface area contributed by atoms with Crippen LogP contribution < -0.4 is 14.2 Å². The topological polar surface area (TPSA) is 80.8 Å². The third kappa shape index (κ3) is 4.16. The average molecular weight is 397 g/mol. The lowest BCUT2D eigenvalue weighted by molar-refractivity contribution is -0.136. The molecule has 0 amide bonds. The third-order valence-corrected chi connectivity index (χ3v) is 5.07. The summed E-state index contributed by atoms with van der Waals surface area (Å²) in [6.07, 6.45) is 3.11. The van der Waals surface area contributed by atoms with E-state index in [1.54, 1.807) is 21.3 Å². The second kappa shape index (κ2) is 8.90. The van der Waals surface area contributed by atoms with Crippen LogP contribution in [0.3, 0.4) is 0 Å². The molecule has 0 saturated heterocycles. The molecular weight excluding hydrogens is 370 g/mol. The highest BCUT2D eigenvalue weighted by Crippen LogP contribution is 2.42. The Morgan fingerprint density at radius 3 is 2.28 bits per heavy atom. The number of hydrogen-bond donors (Lipinski definition) is 2. The number of H-pyrrole nitrogens is 1. The summed E-state index contributed by atoms with van der Waals surface area (Å²) in [7, 11) is 4.67. The van der Waals surface area contributed by atoms with Crippen LogP contribution in [0, 0.1) is 0 Å². The number of benzene rings is 2. The standard InChI is InChI=1S/C23H27NO5/c1-5-6-7-14-8-9-18-16(10-14)17(13-21(25)26)22(24-18)15-11-19(27-2)23(29-4)20(12-15)28-3/h8-12,24H,5-7,13H2,1-4H3,(H,25,26). The van der Waals surface area contributed by atoms with Crippen molar-refractivity contribution in [2.75, 3.05) is 21.3 Å². The van der Waals surface area contributed by atoms with Crippen LogP contribution in [0.5, 0.6) is 17.2 Å². The predicted molar refractivity (Wildman–Crippen MR) is 113 cm³/mol. The van der Waals surface area contributed by atoms with E-state index in [0.29, 0.717) is 17.2 Å². The summed E-state index contributed by atoms with van der Waals surface area (Å²) in [6.45, 7) is 2.16. The smallest absolute Gasteiger partial charge is 0.307 e. The number of fused-ring (bicyclic) bond motifs is 1. The van der Waals surface area contributed by atoms with Crippen LogP contribution in [0.15, 0.2) is 30.3 Å². The summed E-state index contributed by atoms with van der Waals surface area (Å²) in [5.74, 6) is 0.658. The van der Waals surface area contributed by atoms with Crippen molar-refractivity contribution < 1.29 is 24.1 Å². The maximum Gasteiger partial charge on any atom is 0.307 e. The molecule has 1 aromatic heterocycles. The lowest BCUT2D eigenvalue weighted by Crippen LogP contribution is -2.02. The fraction of sp³-hybridized carbons (Fsp3) is 0.348. The van der Waals surface area contributed by atoms with Gasteiger partial charge in [0.2, 0.25) is 5.75 Å². The second-order valence-corrected chi connectivity index (χ2v) is 6.95. The molecule has 0 bridgehead atoms. The van der Waals surface area contributed by atoms with E-state index < -0.39 is 5.97 Å². The Morgan fingerprint density at radius 1 is 1.03 bits per heavy atom. The number of aliphatic carboxylic acids is 1. The van der Waals surface area contributed by atoms with E-state index in [9.17, 15) is 9.90 Å². The van der Waals surface area contributed by atoms with E-state index in [2.05, 4.69) is 24.0 Å². The number of aromatic nitrogens is 1. The molecular formula is C23H27NO5. The maximum absolute atomic E-state index is 11.6. The summed E-state index contributed by atoms with van der Waals surface area (Å²) in [4.78, 5) is 15.0. The highest BCUT2D eigenvalue weighted by molar-refractivity contribution is 5.94. The molecule has 0 aliphatic heterocycles. The van der Waals surface area contributed by atoms with Crippen molar-refractivity contribution in [3.8, 4) is 28.5 Å². The fourth-order valence-corrected chi connectivity index (χ4v) is 3.64. The maximum atomic E-state index is 11.6. The summed E-state index contributed by atoms with van der Waals surface area (Å²) in [5, 5.41) is 10.5. The first kappa shape index (κ1) is 20.6. The van der Waals surface area contributed by atoms with Gasteiger partial charge in [0.15, 0.2) is 11.5 Å². The van der Waals surface area contributed by atoms with Crippen LogP contribution in [-0.2, 0) is 17.6 Å². The minimum absolute atomic E-state index is 0.0801. The van der Waals surface area contributed by atoms with Gasteiger partial charge >= 0.3 is 5.97 Å². The number of carboxylic acids is 1. The zero-order valence-electron chi connectivity index (χ0n) is 17.3. The van der Waals surface area contributed by atoms with Gasteiger partial charge < -0.3 is 24.3 Å². The molecule has 6 heteroatoms. The molecule has 0 radical (unpaired) electrons. The van der Waals surface area contributed by atoms with Gasteiger partial charge in [-0.3, -0.25) is 4.79 Å². The van der Waals surface area contributed by atoms with Crippen molar-refractivity contribution in [1.29, 1.82) is 0 Å². The highest BCUT2D eigenvalue weighted by atomic mass is 16.5. The monoisotopic (exact) mass is 397 g/mol. The van der Waals surface area contributed by atoms with E-state index in [-0.39, 0.29) is 6.42 Å². The number of carbonyl (C=O) groups is 1. The van der Waals surface area contributed by atoms with Gasteiger partial charge in [0.05, 0.1) is 33.4 Å². The Bertz CT molecular complexity index is 997. The molecule has 0 unspecified atom stereocenters. The second-order valence-electron chi connectivity index (χ2n) is 6.95. The molecule has 3 rings (SSSR count). The molecule has 2 N–H and O–H groups in total. The number of ether oxygens (including phenoxy) is 3. The van der Waals surface area contributed by atoms with Gasteiger partial charge in [0, 0.05) is 16.5 Å². The Hall–Kier alpha value is -3.15. The first-order valence-electron chi connectivity index (χ1n) is 9.68. The van der Waals surface area contributed by atoms with Crippen LogP contribution >= 0.6 is 0 Å². The Balaban J connectivity index is 2.21. The van der Waals surface area contributed by atoms with Gasteiger partial charge in [-0.05, 0) is 48.2 Å². The predicted octanol–water partition coefficient (Wildman–Crippen LogP) is 4.83. The highest BCUT2D eigenvalue weighted by Gasteiger charge is 2.20. The van der Waals surface area contributed by atoms with Crippen LogP contribution in [0.4, 0.5) is 0 Å². The van der Waals surface area contributed by atoms with Gasteiger partial charge in [-0.1, -0.05) is 19.4 Å². The molecule has 6 nitrogen and oxygen atoms in total. The van der Waals surface area contributed by atoms with E-state index >= 15 is 0 Å². The van der Waals surface area contributed by atoms with E-state index in [1.807, 2.05) is 18.2 Å². The molecule has 0 aliphatic rings. The molecule has 2 aromatic carbocycles. The van der Waals surface area contributed by atoms with Crippen molar-refractivity contribution in [3.05, 3.63) is 41.5 Å². The zero-order chi connectivity index (χ0) is 21.0. The van der Waals surface area contributed by atoms with Crippen molar-refractivity contribution in [2.45, 2.75) is 32.6 Å². The first-order chi connectivity index (χ1) is 14.0. The van der Waals surface area contributed by atoms with Crippen LogP contribution in [0.1, 0.15) is 30.9 Å². The quantitative estimate of drug-likeness (QED) is 0.540. The zero-order valence-corrected chi connectivity index (χ0v) is 17.3. The van der Waals surface area contributed by atoms with Gasteiger partial charge in [0.25, 0.3) is 0 Å². The number of aromatic amines is 1. The first-order valence-corrected chi connectivity index (χ1v) is 9.68. The van der Waals surface area contributed by atoms with Gasteiger partial charge in [0.1, 0.15) is 0 Å². The lowest BCUT2D eigenvalue weighted by atomic mass is 9.99. The van der Waals surface area contributed by atoms with Crippen molar-refractivity contribution >= 4 is 16.9 Å². The molecule has 0 fully saturated rings. The fourth-order valence-electron chi connectivity index (χ4n) is 3.64. The summed E-state index contributed by atoms with van der Waals surface area (Å²) in [5.41, 5.74) is 4.39. The number of rotatable bonds is 9. The molecule has 29 heavy (non-hydrogen) atoms. The lowest BCUT2D eigenvalue weighted by Gasteiger charge is -2.14. The summed E-state index contributed by atoms with van der Waals surface area (Å²) in [6, 6.07) is 9.87. The van der Waals surface area contributed by atoms with Crippen LogP contribution in [0.2, 0.25) is 0 Å². The van der Waals surface area contributed by atoms with E-state index in [4.69, 9.17) is 14.2 Å². The van der Waals surface area contributed by atoms with E-state index in [1.165, 1.54) is 5.56 Å².